The largest absolute Gasteiger partial charge is 0.0945 e. The van der Waals surface area contributed by atoms with E-state index in [1.807, 2.05) is 24.3 Å². The van der Waals surface area contributed by atoms with Crippen molar-refractivity contribution in [1.82, 2.24) is 0 Å². The van der Waals surface area contributed by atoms with Crippen molar-refractivity contribution in [3.05, 3.63) is 42.3 Å². The molecule has 1 aliphatic rings. The summed E-state index contributed by atoms with van der Waals surface area (Å²) in [5.41, 5.74) is 2.12. The lowest BCUT2D eigenvalue weighted by Gasteiger charge is -1.97. The molecule has 0 heterocycles. The van der Waals surface area contributed by atoms with E-state index in [1.54, 1.807) is 0 Å². The van der Waals surface area contributed by atoms with Crippen LogP contribution in [0.3, 0.4) is 0 Å². The predicted molar refractivity (Wildman–Crippen MR) is 59.7 cm³/mol. The van der Waals surface area contributed by atoms with Crippen LogP contribution in [0.25, 0.3) is 0 Å². The van der Waals surface area contributed by atoms with E-state index >= 15 is 0 Å². The molecule has 1 radical (unpaired) electrons. The van der Waals surface area contributed by atoms with Gasteiger partial charge in [0.2, 0.25) is 0 Å². The van der Waals surface area contributed by atoms with Crippen LogP contribution in [0.4, 0.5) is 0 Å². The van der Waals surface area contributed by atoms with E-state index in [2.05, 4.69) is 18.8 Å². The van der Waals surface area contributed by atoms with Gasteiger partial charge in [-0.15, -0.1) is 0 Å². The molecular formula is C14H15. The van der Waals surface area contributed by atoms with Gasteiger partial charge in [0, 0.05) is 11.5 Å². The topological polar surface area (TPSA) is 0 Å². The highest BCUT2D eigenvalue weighted by molar-refractivity contribution is 5.42. The fourth-order valence-electron chi connectivity index (χ4n) is 1.89. The maximum absolute atomic E-state index is 3.96. The predicted octanol–water partition coefficient (Wildman–Crippen LogP) is 3.41. The van der Waals surface area contributed by atoms with E-state index in [0.717, 1.165) is 11.1 Å². The second-order valence-electron chi connectivity index (χ2n) is 3.91. The van der Waals surface area contributed by atoms with Crippen LogP contribution in [0.15, 0.2) is 24.3 Å². The van der Waals surface area contributed by atoms with Crippen molar-refractivity contribution in [3.63, 3.8) is 0 Å². The molecule has 0 unspecified atom stereocenters. The SMILES string of the molecule is [CH2]c1ccccc1C#CC1CCCC1. The summed E-state index contributed by atoms with van der Waals surface area (Å²) in [6, 6.07) is 8.08. The molecule has 14 heavy (non-hydrogen) atoms. The molecule has 0 heteroatoms. The molecule has 1 aromatic carbocycles. The lowest BCUT2D eigenvalue weighted by atomic mass is 10.1. The number of hydrogen-bond donors (Lipinski definition) is 0. The lowest BCUT2D eigenvalue weighted by Crippen LogP contribution is -1.87. The van der Waals surface area contributed by atoms with E-state index in [4.69, 9.17) is 0 Å². The molecule has 71 valence electrons. The Balaban J connectivity index is 2.12. The molecule has 0 spiro atoms. The molecule has 1 saturated carbocycles. The summed E-state index contributed by atoms with van der Waals surface area (Å²) in [6.45, 7) is 3.96. The van der Waals surface area contributed by atoms with Crippen LogP contribution in [-0.4, -0.2) is 0 Å². The van der Waals surface area contributed by atoms with Gasteiger partial charge in [-0.1, -0.05) is 42.9 Å². The van der Waals surface area contributed by atoms with Gasteiger partial charge in [-0.2, -0.15) is 0 Å². The van der Waals surface area contributed by atoms with Gasteiger partial charge in [-0.3, -0.25) is 0 Å². The number of benzene rings is 1. The molecule has 1 aromatic rings. The Labute approximate surface area is 86.3 Å². The fraction of sp³-hybridized carbons (Fsp3) is 0.357. The summed E-state index contributed by atoms with van der Waals surface area (Å²) in [5.74, 6) is 7.22. The lowest BCUT2D eigenvalue weighted by molar-refractivity contribution is 0.712. The molecule has 0 N–H and O–H groups in total. The molecule has 0 nitrogen and oxygen atoms in total. The van der Waals surface area contributed by atoms with Crippen molar-refractivity contribution in [3.8, 4) is 11.8 Å². The summed E-state index contributed by atoms with van der Waals surface area (Å²) in [6.07, 6.45) is 5.27. The second kappa shape index (κ2) is 4.33. The quantitative estimate of drug-likeness (QED) is 0.541. The van der Waals surface area contributed by atoms with Gasteiger partial charge in [0.05, 0.1) is 0 Å². The van der Waals surface area contributed by atoms with E-state index in [1.165, 1.54) is 25.7 Å². The average Bonchev–Trinajstić information content (AvgIpc) is 2.69. The number of hydrogen-bond acceptors (Lipinski definition) is 0. The molecule has 2 rings (SSSR count). The van der Waals surface area contributed by atoms with Gasteiger partial charge in [0.25, 0.3) is 0 Å². The fourth-order valence-corrected chi connectivity index (χ4v) is 1.89. The molecule has 0 aromatic heterocycles. The summed E-state index contributed by atoms with van der Waals surface area (Å²) in [5, 5.41) is 0. The third-order valence-electron chi connectivity index (χ3n) is 2.78. The van der Waals surface area contributed by atoms with Crippen LogP contribution in [0.2, 0.25) is 0 Å². The second-order valence-corrected chi connectivity index (χ2v) is 3.91. The maximum atomic E-state index is 3.96. The molecule has 1 aliphatic carbocycles. The average molecular weight is 183 g/mol. The van der Waals surface area contributed by atoms with Gasteiger partial charge in [-0.25, -0.2) is 0 Å². The van der Waals surface area contributed by atoms with Crippen LogP contribution >= 0.6 is 0 Å². The molecule has 0 aliphatic heterocycles. The zero-order chi connectivity index (χ0) is 9.80. The third kappa shape index (κ3) is 2.17. The Morgan fingerprint density at radius 2 is 1.86 bits per heavy atom. The van der Waals surface area contributed by atoms with Crippen molar-refractivity contribution >= 4 is 0 Å². The molecule has 0 saturated heterocycles. The Bertz CT molecular complexity index is 359. The van der Waals surface area contributed by atoms with Crippen LogP contribution in [0.5, 0.6) is 0 Å². The highest BCUT2D eigenvalue weighted by Gasteiger charge is 2.11. The monoisotopic (exact) mass is 183 g/mol. The van der Waals surface area contributed by atoms with Crippen molar-refractivity contribution in [2.24, 2.45) is 5.92 Å². The minimum Gasteiger partial charge on any atom is -0.0945 e. The maximum Gasteiger partial charge on any atom is 0.0277 e. The normalized spacial score (nSPS) is 16.4. The van der Waals surface area contributed by atoms with E-state index in [-0.39, 0.29) is 0 Å². The van der Waals surface area contributed by atoms with Crippen LogP contribution in [0.1, 0.15) is 36.8 Å². The van der Waals surface area contributed by atoms with Crippen molar-refractivity contribution in [2.45, 2.75) is 25.7 Å². The van der Waals surface area contributed by atoms with Gasteiger partial charge >= 0.3 is 0 Å². The smallest absolute Gasteiger partial charge is 0.0277 e. The van der Waals surface area contributed by atoms with Gasteiger partial charge < -0.3 is 0 Å². The minimum absolute atomic E-state index is 0.634. The molecule has 0 amide bonds. The summed E-state index contributed by atoms with van der Waals surface area (Å²) in [4.78, 5) is 0. The van der Waals surface area contributed by atoms with Gasteiger partial charge in [-0.05, 0) is 31.4 Å². The Morgan fingerprint density at radius 1 is 1.14 bits per heavy atom. The summed E-state index contributed by atoms with van der Waals surface area (Å²) in [7, 11) is 0. The van der Waals surface area contributed by atoms with Gasteiger partial charge in [0.15, 0.2) is 0 Å². The van der Waals surface area contributed by atoms with E-state index < -0.39 is 0 Å². The first kappa shape index (κ1) is 9.34. The molecule has 0 bridgehead atoms. The first-order chi connectivity index (χ1) is 6.86. The first-order valence-corrected chi connectivity index (χ1v) is 5.29. The Morgan fingerprint density at radius 3 is 2.57 bits per heavy atom. The van der Waals surface area contributed by atoms with Gasteiger partial charge in [0.1, 0.15) is 0 Å². The minimum atomic E-state index is 0.634. The molecule has 0 atom stereocenters. The summed E-state index contributed by atoms with van der Waals surface area (Å²) >= 11 is 0. The first-order valence-electron chi connectivity index (χ1n) is 5.29. The third-order valence-corrected chi connectivity index (χ3v) is 2.78. The van der Waals surface area contributed by atoms with Crippen LogP contribution < -0.4 is 0 Å². The zero-order valence-electron chi connectivity index (χ0n) is 8.42. The number of rotatable bonds is 0. The van der Waals surface area contributed by atoms with Crippen LogP contribution in [-0.2, 0) is 0 Å². The van der Waals surface area contributed by atoms with Crippen molar-refractivity contribution < 1.29 is 0 Å². The zero-order valence-corrected chi connectivity index (χ0v) is 8.42. The Kier molecular flexibility index (Phi) is 2.89. The van der Waals surface area contributed by atoms with E-state index in [0.29, 0.717) is 5.92 Å². The summed E-state index contributed by atoms with van der Waals surface area (Å²) < 4.78 is 0. The molecule has 1 fully saturated rings. The Hall–Kier alpha value is -1.22. The van der Waals surface area contributed by atoms with Crippen molar-refractivity contribution in [2.75, 3.05) is 0 Å². The highest BCUT2D eigenvalue weighted by Crippen LogP contribution is 2.23. The molecular weight excluding hydrogens is 168 g/mol. The van der Waals surface area contributed by atoms with E-state index in [9.17, 15) is 0 Å². The standard InChI is InChI=1S/C14H15/c1-12-6-2-5-9-14(12)11-10-13-7-3-4-8-13/h2,5-6,9,13H,1,3-4,7-8H2. The van der Waals surface area contributed by atoms with Crippen LogP contribution in [0, 0.1) is 24.7 Å². The van der Waals surface area contributed by atoms with Crippen molar-refractivity contribution in [1.29, 1.82) is 0 Å². The highest BCUT2D eigenvalue weighted by atomic mass is 14.1.